The molecule has 1 saturated heterocycles. The Morgan fingerprint density at radius 1 is 1.48 bits per heavy atom. The van der Waals surface area contributed by atoms with Gasteiger partial charge in [0.15, 0.2) is 0 Å². The molecule has 0 atom stereocenters. The summed E-state index contributed by atoms with van der Waals surface area (Å²) in [7, 11) is 0. The van der Waals surface area contributed by atoms with E-state index in [2.05, 4.69) is 16.5 Å². The monoisotopic (exact) mass is 338 g/mol. The maximum absolute atomic E-state index is 12.4. The third-order valence-electron chi connectivity index (χ3n) is 4.53. The van der Waals surface area contributed by atoms with Crippen LogP contribution in [0.25, 0.3) is 11.3 Å². The quantitative estimate of drug-likeness (QED) is 0.846. The third kappa shape index (κ3) is 3.33. The van der Waals surface area contributed by atoms with Gasteiger partial charge in [0.1, 0.15) is 5.69 Å². The van der Waals surface area contributed by atoms with Gasteiger partial charge in [-0.1, -0.05) is 6.58 Å². The first-order valence-corrected chi connectivity index (χ1v) is 8.37. The standard InChI is InChI=1S/C19H22N4O2/c1-4-18(24)22-11-15(12-22)23(5-2)17-9-14(10-21-19(17)25)16-8-13(3)6-7-20-16/h4,6-10,15H,1,5,11-12H2,2-3H3,(H,21,25). The van der Waals surface area contributed by atoms with Gasteiger partial charge in [0.05, 0.1) is 11.7 Å². The van der Waals surface area contributed by atoms with Gasteiger partial charge in [-0.3, -0.25) is 14.6 Å². The van der Waals surface area contributed by atoms with Gasteiger partial charge >= 0.3 is 0 Å². The molecule has 0 aromatic carbocycles. The Labute approximate surface area is 146 Å². The number of rotatable bonds is 5. The minimum absolute atomic E-state index is 0.0704. The lowest BCUT2D eigenvalue weighted by molar-refractivity contribution is -0.130. The molecule has 0 aliphatic carbocycles. The number of aromatic nitrogens is 2. The van der Waals surface area contributed by atoms with Gasteiger partial charge in [-0.05, 0) is 43.7 Å². The molecule has 25 heavy (non-hydrogen) atoms. The average Bonchev–Trinajstić information content (AvgIpc) is 2.58. The minimum Gasteiger partial charge on any atom is -0.361 e. The highest BCUT2D eigenvalue weighted by Crippen LogP contribution is 2.24. The summed E-state index contributed by atoms with van der Waals surface area (Å²) in [6.07, 6.45) is 4.77. The number of nitrogens with one attached hydrogen (secondary N) is 1. The van der Waals surface area contributed by atoms with Crippen LogP contribution >= 0.6 is 0 Å². The molecule has 2 aromatic rings. The van der Waals surface area contributed by atoms with Gasteiger partial charge < -0.3 is 14.8 Å². The number of hydrogen-bond acceptors (Lipinski definition) is 4. The summed E-state index contributed by atoms with van der Waals surface area (Å²) in [6.45, 7) is 9.42. The maximum Gasteiger partial charge on any atom is 0.271 e. The van der Waals surface area contributed by atoms with E-state index in [9.17, 15) is 9.59 Å². The van der Waals surface area contributed by atoms with Gasteiger partial charge in [-0.15, -0.1) is 0 Å². The highest BCUT2D eigenvalue weighted by molar-refractivity contribution is 5.87. The first-order chi connectivity index (χ1) is 12.0. The highest BCUT2D eigenvalue weighted by Gasteiger charge is 2.34. The van der Waals surface area contributed by atoms with Crippen molar-refractivity contribution >= 4 is 11.6 Å². The van der Waals surface area contributed by atoms with Crippen LogP contribution in [-0.2, 0) is 4.79 Å². The van der Waals surface area contributed by atoms with Crippen LogP contribution in [0.4, 0.5) is 5.69 Å². The van der Waals surface area contributed by atoms with E-state index in [0.29, 0.717) is 25.3 Å². The molecule has 6 heteroatoms. The Morgan fingerprint density at radius 2 is 2.24 bits per heavy atom. The largest absolute Gasteiger partial charge is 0.361 e. The zero-order valence-electron chi connectivity index (χ0n) is 14.5. The number of nitrogens with zero attached hydrogens (tertiary/aromatic N) is 3. The van der Waals surface area contributed by atoms with E-state index >= 15 is 0 Å². The van der Waals surface area contributed by atoms with Crippen LogP contribution in [0.5, 0.6) is 0 Å². The summed E-state index contributed by atoms with van der Waals surface area (Å²) in [5.41, 5.74) is 3.29. The first kappa shape index (κ1) is 17.0. The van der Waals surface area contributed by atoms with Gasteiger partial charge in [0.2, 0.25) is 5.91 Å². The first-order valence-electron chi connectivity index (χ1n) is 8.37. The summed E-state index contributed by atoms with van der Waals surface area (Å²) in [5, 5.41) is 0. The summed E-state index contributed by atoms with van der Waals surface area (Å²) in [5.74, 6) is -0.0704. The smallest absolute Gasteiger partial charge is 0.271 e. The molecular weight excluding hydrogens is 316 g/mol. The van der Waals surface area contributed by atoms with Gasteiger partial charge in [-0.25, -0.2) is 0 Å². The zero-order chi connectivity index (χ0) is 18.0. The molecule has 1 aliphatic heterocycles. The third-order valence-corrected chi connectivity index (χ3v) is 4.53. The second-order valence-corrected chi connectivity index (χ2v) is 6.21. The molecular formula is C19H22N4O2. The van der Waals surface area contributed by atoms with Gasteiger partial charge in [0.25, 0.3) is 5.56 Å². The Hall–Kier alpha value is -2.89. The van der Waals surface area contributed by atoms with Crippen molar-refractivity contribution in [3.05, 3.63) is 59.2 Å². The van der Waals surface area contributed by atoms with E-state index in [4.69, 9.17) is 0 Å². The lowest BCUT2D eigenvalue weighted by Gasteiger charge is -2.45. The Balaban J connectivity index is 1.88. The number of pyridine rings is 2. The number of aromatic amines is 1. The Kier molecular flexibility index (Phi) is 4.70. The van der Waals surface area contributed by atoms with Crippen LogP contribution in [0.2, 0.25) is 0 Å². The molecule has 0 saturated carbocycles. The van der Waals surface area contributed by atoms with Crippen molar-refractivity contribution in [2.45, 2.75) is 19.9 Å². The molecule has 1 amide bonds. The lowest BCUT2D eigenvalue weighted by Crippen LogP contribution is -2.61. The number of carbonyl (C=O) groups is 1. The Bertz CT molecular complexity index is 852. The predicted octanol–water partition coefficient (Wildman–Crippen LogP) is 1.97. The maximum atomic E-state index is 12.4. The lowest BCUT2D eigenvalue weighted by atomic mass is 10.1. The summed E-state index contributed by atoms with van der Waals surface area (Å²) >= 11 is 0. The molecule has 6 nitrogen and oxygen atoms in total. The van der Waals surface area contributed by atoms with Gasteiger partial charge in [-0.2, -0.15) is 0 Å². The van der Waals surface area contributed by atoms with Crippen LogP contribution in [0.15, 0.2) is 48.0 Å². The summed E-state index contributed by atoms with van der Waals surface area (Å²) in [6, 6.07) is 5.94. The molecule has 0 spiro atoms. The highest BCUT2D eigenvalue weighted by atomic mass is 16.2. The fourth-order valence-electron chi connectivity index (χ4n) is 3.11. The van der Waals surface area contributed by atoms with Crippen molar-refractivity contribution in [1.29, 1.82) is 0 Å². The molecule has 0 unspecified atom stereocenters. The molecule has 0 radical (unpaired) electrons. The summed E-state index contributed by atoms with van der Waals surface area (Å²) < 4.78 is 0. The van der Waals surface area contributed by atoms with E-state index in [1.54, 1.807) is 17.3 Å². The molecule has 2 aromatic heterocycles. The SMILES string of the molecule is C=CC(=O)N1CC(N(CC)c2cc(-c3cc(C)ccn3)c[nH]c2=O)C1. The van der Waals surface area contributed by atoms with Crippen LogP contribution in [0.3, 0.4) is 0 Å². The van der Waals surface area contributed by atoms with Gasteiger partial charge in [0, 0.05) is 37.6 Å². The average molecular weight is 338 g/mol. The topological polar surface area (TPSA) is 69.3 Å². The second-order valence-electron chi connectivity index (χ2n) is 6.21. The van der Waals surface area contributed by atoms with Crippen LogP contribution in [-0.4, -0.2) is 46.5 Å². The normalized spacial score (nSPS) is 14.1. The molecule has 0 bridgehead atoms. The number of anilines is 1. The predicted molar refractivity (Wildman–Crippen MR) is 98.6 cm³/mol. The van der Waals surface area contributed by atoms with Crippen LogP contribution in [0, 0.1) is 6.92 Å². The van der Waals surface area contributed by atoms with Crippen molar-refractivity contribution in [1.82, 2.24) is 14.9 Å². The number of aryl methyl sites for hydroxylation is 1. The Morgan fingerprint density at radius 3 is 2.88 bits per heavy atom. The van der Waals surface area contributed by atoms with Crippen molar-refractivity contribution in [2.24, 2.45) is 0 Å². The van der Waals surface area contributed by atoms with Crippen LogP contribution in [0.1, 0.15) is 12.5 Å². The molecule has 1 fully saturated rings. The number of amides is 1. The summed E-state index contributed by atoms with van der Waals surface area (Å²) in [4.78, 5) is 35.0. The van der Waals surface area contributed by atoms with Crippen molar-refractivity contribution in [3.8, 4) is 11.3 Å². The number of H-pyrrole nitrogens is 1. The molecule has 3 heterocycles. The van der Waals surface area contributed by atoms with E-state index in [1.165, 1.54) is 6.08 Å². The number of likely N-dealkylation sites (N-methyl/N-ethyl adjacent to an activating group) is 1. The zero-order valence-corrected chi connectivity index (χ0v) is 14.5. The number of likely N-dealkylation sites (tertiary alicyclic amines) is 1. The molecule has 1 aliphatic rings. The molecule has 1 N–H and O–H groups in total. The van der Waals surface area contributed by atoms with Crippen molar-refractivity contribution < 1.29 is 4.79 Å². The fraction of sp³-hybridized carbons (Fsp3) is 0.316. The molecule has 3 rings (SSSR count). The van der Waals surface area contributed by atoms with E-state index in [1.807, 2.05) is 36.9 Å². The minimum atomic E-state index is -0.133. The second kappa shape index (κ2) is 6.93. The van der Waals surface area contributed by atoms with E-state index < -0.39 is 0 Å². The van der Waals surface area contributed by atoms with Crippen molar-refractivity contribution in [2.75, 3.05) is 24.5 Å². The number of carbonyl (C=O) groups excluding carboxylic acids is 1. The fourth-order valence-corrected chi connectivity index (χ4v) is 3.11. The molecule has 130 valence electrons. The number of hydrogen-bond donors (Lipinski definition) is 1. The van der Waals surface area contributed by atoms with E-state index in [0.717, 1.165) is 16.8 Å². The van der Waals surface area contributed by atoms with Crippen molar-refractivity contribution in [3.63, 3.8) is 0 Å². The van der Waals surface area contributed by atoms with Crippen LogP contribution < -0.4 is 10.5 Å². The van der Waals surface area contributed by atoms with E-state index in [-0.39, 0.29) is 17.5 Å².